The first-order chi connectivity index (χ1) is 7.24. The highest BCUT2D eigenvalue weighted by Crippen LogP contribution is 2.01. The highest BCUT2D eigenvalue weighted by atomic mass is 16.2. The molecule has 15 heavy (non-hydrogen) atoms. The average molecular weight is 208 g/mol. The molecule has 2 amide bonds. The third-order valence-corrected chi connectivity index (χ3v) is 1.54. The summed E-state index contributed by atoms with van der Waals surface area (Å²) in [5, 5.41) is 0. The molecule has 0 heterocycles. The second-order valence-electron chi connectivity index (χ2n) is 2.65. The fourth-order valence-electron chi connectivity index (χ4n) is 0.877. The molecule has 1 rings (SSSR count). The van der Waals surface area contributed by atoms with Crippen LogP contribution in [0.1, 0.15) is 0 Å². The van der Waals surface area contributed by atoms with Gasteiger partial charge in [0.1, 0.15) is 0 Å². The van der Waals surface area contributed by atoms with Crippen LogP contribution >= 0.6 is 0 Å². The second kappa shape index (κ2) is 5.61. The number of hydrogen-bond donors (Lipinski definition) is 4. The maximum absolute atomic E-state index is 11.1. The molecule has 4 N–H and O–H groups in total. The van der Waals surface area contributed by atoms with E-state index >= 15 is 0 Å². The summed E-state index contributed by atoms with van der Waals surface area (Å²) in [6.45, 7) is 0. The lowest BCUT2D eigenvalue weighted by Crippen LogP contribution is -2.46. The van der Waals surface area contributed by atoms with Gasteiger partial charge in [-0.2, -0.15) is 0 Å². The number of hydrazine groups is 2. The normalized spacial score (nSPS) is 9.13. The van der Waals surface area contributed by atoms with Gasteiger partial charge in [-0.05, 0) is 12.1 Å². The Hall–Kier alpha value is -2.08. The largest absolute Gasteiger partial charge is 0.328 e. The minimum atomic E-state index is -0.770. The number of nitrogens with one attached hydrogen (secondary N) is 4. The van der Waals surface area contributed by atoms with E-state index in [9.17, 15) is 9.59 Å². The Bertz CT molecular complexity index is 339. The topological polar surface area (TPSA) is 82.3 Å². The molecule has 0 fully saturated rings. The fraction of sp³-hybridized carbons (Fsp3) is 0.111. The lowest BCUT2D eigenvalue weighted by Gasteiger charge is -2.07. The fourth-order valence-corrected chi connectivity index (χ4v) is 0.877. The van der Waals surface area contributed by atoms with Gasteiger partial charge in [0.05, 0.1) is 5.69 Å². The minimum absolute atomic E-state index is 0.697. The van der Waals surface area contributed by atoms with Crippen molar-refractivity contribution in [3.63, 3.8) is 0 Å². The molecule has 0 aliphatic heterocycles. The summed E-state index contributed by atoms with van der Waals surface area (Å²) in [7, 11) is 1.50. The van der Waals surface area contributed by atoms with E-state index in [1.807, 2.05) is 18.2 Å². The Morgan fingerprint density at radius 1 is 1.00 bits per heavy atom. The second-order valence-corrected chi connectivity index (χ2v) is 2.65. The van der Waals surface area contributed by atoms with Crippen LogP contribution in [0.5, 0.6) is 0 Å². The third-order valence-electron chi connectivity index (χ3n) is 1.54. The monoisotopic (exact) mass is 208 g/mol. The highest BCUT2D eigenvalue weighted by Gasteiger charge is 2.10. The lowest BCUT2D eigenvalue weighted by atomic mass is 10.3. The first kappa shape index (κ1) is 11.0. The van der Waals surface area contributed by atoms with E-state index in [4.69, 9.17) is 0 Å². The zero-order valence-corrected chi connectivity index (χ0v) is 8.20. The van der Waals surface area contributed by atoms with Gasteiger partial charge in [-0.1, -0.05) is 18.2 Å². The number of amides is 2. The molecule has 0 saturated heterocycles. The van der Waals surface area contributed by atoms with Crippen LogP contribution in [0.25, 0.3) is 0 Å². The quantitative estimate of drug-likeness (QED) is 0.394. The number of para-hydroxylation sites is 1. The molecule has 0 spiro atoms. The molecular formula is C9H12N4O2. The summed E-state index contributed by atoms with van der Waals surface area (Å²) in [4.78, 5) is 22.0. The van der Waals surface area contributed by atoms with Gasteiger partial charge in [0, 0.05) is 7.05 Å². The van der Waals surface area contributed by atoms with Gasteiger partial charge >= 0.3 is 11.8 Å². The molecule has 6 heteroatoms. The van der Waals surface area contributed by atoms with Crippen LogP contribution in [-0.2, 0) is 9.59 Å². The van der Waals surface area contributed by atoms with Crippen molar-refractivity contribution in [2.75, 3.05) is 12.5 Å². The highest BCUT2D eigenvalue weighted by molar-refractivity contribution is 6.35. The zero-order valence-electron chi connectivity index (χ0n) is 8.20. The standard InChI is InChI=1S/C9H12N4O2/c1-10-12-8(14)9(15)13-11-7-5-3-2-4-6-7/h2-6,10-11H,1H3,(H,12,14)(H,13,15). The van der Waals surface area contributed by atoms with Crippen molar-refractivity contribution in [2.24, 2.45) is 0 Å². The Labute approximate surface area is 87.0 Å². The number of anilines is 1. The van der Waals surface area contributed by atoms with Gasteiger partial charge in [-0.25, -0.2) is 5.43 Å². The SMILES string of the molecule is CNNC(=O)C(=O)NNc1ccccc1. The lowest BCUT2D eigenvalue weighted by molar-refractivity contribution is -0.139. The zero-order chi connectivity index (χ0) is 11.1. The molecule has 0 atom stereocenters. The van der Waals surface area contributed by atoms with Crippen LogP contribution in [0, 0.1) is 0 Å². The smallest absolute Gasteiger partial charge is 0.298 e. The van der Waals surface area contributed by atoms with E-state index < -0.39 is 11.8 Å². The van der Waals surface area contributed by atoms with Crippen LogP contribution in [0.2, 0.25) is 0 Å². The van der Waals surface area contributed by atoms with Crippen molar-refractivity contribution in [1.29, 1.82) is 0 Å². The van der Waals surface area contributed by atoms with Crippen molar-refractivity contribution < 1.29 is 9.59 Å². The Kier molecular flexibility index (Phi) is 4.11. The summed E-state index contributed by atoms with van der Waals surface area (Å²) in [6, 6.07) is 8.98. The molecule has 6 nitrogen and oxygen atoms in total. The predicted octanol–water partition coefficient (Wildman–Crippen LogP) is -0.620. The summed E-state index contributed by atoms with van der Waals surface area (Å²) in [5.74, 6) is -1.53. The van der Waals surface area contributed by atoms with Gasteiger partial charge in [0.2, 0.25) is 0 Å². The van der Waals surface area contributed by atoms with E-state index in [1.54, 1.807) is 12.1 Å². The number of rotatable bonds is 3. The Balaban J connectivity index is 2.38. The van der Waals surface area contributed by atoms with Crippen LogP contribution in [0.3, 0.4) is 0 Å². The van der Waals surface area contributed by atoms with E-state index in [-0.39, 0.29) is 0 Å². The van der Waals surface area contributed by atoms with Gasteiger partial charge in [0.25, 0.3) is 0 Å². The van der Waals surface area contributed by atoms with Gasteiger partial charge in [0.15, 0.2) is 0 Å². The molecule has 0 bridgehead atoms. The van der Waals surface area contributed by atoms with E-state index in [1.165, 1.54) is 7.05 Å². The number of benzene rings is 1. The molecule has 0 unspecified atom stereocenters. The van der Waals surface area contributed by atoms with E-state index in [2.05, 4.69) is 21.7 Å². The first-order valence-corrected chi connectivity index (χ1v) is 4.32. The van der Waals surface area contributed by atoms with Crippen molar-refractivity contribution in [2.45, 2.75) is 0 Å². The molecule has 0 aliphatic rings. The van der Waals surface area contributed by atoms with Crippen molar-refractivity contribution >= 4 is 17.5 Å². The number of carbonyl (C=O) groups is 2. The van der Waals surface area contributed by atoms with Crippen LogP contribution in [-0.4, -0.2) is 18.9 Å². The van der Waals surface area contributed by atoms with Crippen LogP contribution in [0.4, 0.5) is 5.69 Å². The van der Waals surface area contributed by atoms with Gasteiger partial charge in [-0.15, -0.1) is 0 Å². The van der Waals surface area contributed by atoms with Crippen molar-refractivity contribution in [1.82, 2.24) is 16.3 Å². The molecule has 80 valence electrons. The first-order valence-electron chi connectivity index (χ1n) is 4.32. The minimum Gasteiger partial charge on any atom is -0.298 e. The van der Waals surface area contributed by atoms with Crippen LogP contribution in [0.15, 0.2) is 30.3 Å². The third kappa shape index (κ3) is 3.65. The Morgan fingerprint density at radius 2 is 1.60 bits per heavy atom. The van der Waals surface area contributed by atoms with Gasteiger partial charge in [-0.3, -0.25) is 25.9 Å². The number of carbonyl (C=O) groups excluding carboxylic acids is 2. The van der Waals surface area contributed by atoms with E-state index in [0.717, 1.165) is 0 Å². The molecular weight excluding hydrogens is 196 g/mol. The van der Waals surface area contributed by atoms with Crippen LogP contribution < -0.4 is 21.7 Å². The molecule has 0 saturated carbocycles. The number of hydrogen-bond acceptors (Lipinski definition) is 4. The molecule has 1 aromatic carbocycles. The van der Waals surface area contributed by atoms with E-state index in [0.29, 0.717) is 5.69 Å². The van der Waals surface area contributed by atoms with Crippen molar-refractivity contribution in [3.8, 4) is 0 Å². The molecule has 0 radical (unpaired) electrons. The van der Waals surface area contributed by atoms with Crippen molar-refractivity contribution in [3.05, 3.63) is 30.3 Å². The predicted molar refractivity (Wildman–Crippen MR) is 55.4 cm³/mol. The van der Waals surface area contributed by atoms with Gasteiger partial charge < -0.3 is 0 Å². The molecule has 0 aromatic heterocycles. The summed E-state index contributed by atoms with van der Waals surface area (Å²) >= 11 is 0. The maximum Gasteiger partial charge on any atom is 0.328 e. The summed E-state index contributed by atoms with van der Waals surface area (Å²) in [6.07, 6.45) is 0. The molecule has 0 aliphatic carbocycles. The summed E-state index contributed by atoms with van der Waals surface area (Å²) < 4.78 is 0. The summed E-state index contributed by atoms with van der Waals surface area (Å²) in [5.41, 5.74) is 10.0. The Morgan fingerprint density at radius 3 is 2.20 bits per heavy atom. The molecule has 1 aromatic rings. The average Bonchev–Trinajstić information content (AvgIpc) is 2.27. The maximum atomic E-state index is 11.1.